The van der Waals surface area contributed by atoms with Gasteiger partial charge in [-0.2, -0.15) is 0 Å². The molecule has 0 saturated carbocycles. The van der Waals surface area contributed by atoms with Crippen molar-refractivity contribution in [1.82, 2.24) is 0 Å². The summed E-state index contributed by atoms with van der Waals surface area (Å²) in [5.41, 5.74) is 0.958. The van der Waals surface area contributed by atoms with Crippen LogP contribution in [0.5, 0.6) is 0 Å². The number of carbonyl (C=O) groups is 2. The van der Waals surface area contributed by atoms with E-state index in [0.717, 1.165) is 5.57 Å². The topological polar surface area (TPSA) is 124 Å². The largest absolute Gasteiger partial charge is 0.481 e. The normalized spacial score (nSPS) is 31.3. The number of allylic oxidation sites excluding steroid dienone is 2. The molecular weight excluding hydrogens is 388 g/mol. The first-order valence-corrected chi connectivity index (χ1v) is 11.0. The van der Waals surface area contributed by atoms with Crippen molar-refractivity contribution in [2.45, 2.75) is 83.7 Å². The van der Waals surface area contributed by atoms with Gasteiger partial charge in [0.1, 0.15) is 6.10 Å². The van der Waals surface area contributed by atoms with Crippen LogP contribution in [-0.4, -0.2) is 56.8 Å². The summed E-state index contributed by atoms with van der Waals surface area (Å²) < 4.78 is 5.84. The number of carboxylic acids is 1. The smallest absolute Gasteiger partial charge is 0.308 e. The lowest BCUT2D eigenvalue weighted by Gasteiger charge is -2.43. The van der Waals surface area contributed by atoms with Crippen LogP contribution in [0.1, 0.15) is 59.3 Å². The zero-order valence-electron chi connectivity index (χ0n) is 18.1. The molecule has 0 spiro atoms. The van der Waals surface area contributed by atoms with Crippen molar-refractivity contribution in [1.29, 1.82) is 0 Å². The van der Waals surface area contributed by atoms with Gasteiger partial charge < -0.3 is 25.2 Å². The van der Waals surface area contributed by atoms with Crippen molar-refractivity contribution in [3.05, 3.63) is 23.8 Å². The number of hydrogen-bond acceptors (Lipinski definition) is 6. The maximum Gasteiger partial charge on any atom is 0.308 e. The highest BCUT2D eigenvalue weighted by atomic mass is 16.5. The number of hydrogen-bond donors (Lipinski definition) is 4. The molecule has 7 nitrogen and oxygen atoms in total. The summed E-state index contributed by atoms with van der Waals surface area (Å²) in [5.74, 6) is -1.31. The molecule has 0 aromatic carbocycles. The standard InChI is InChI=1S/C23H36O7/c1-4-13(2)23(29)30-20-11-17(25)9-15-6-5-14(3)19(22(15)20)8-7-16(24)10-18(26)12-21(27)28/h5-6,9,13-14,16-20,22,24-26H,4,7-8,10-12H2,1-3H3,(H,27,28)/t13-,14-,16?,17-,18+,19?,20-,22-/m0/s1. The van der Waals surface area contributed by atoms with Gasteiger partial charge in [-0.3, -0.25) is 9.59 Å². The molecule has 2 rings (SSSR count). The van der Waals surface area contributed by atoms with E-state index in [-0.39, 0.29) is 42.5 Å². The Hall–Kier alpha value is -1.70. The molecule has 170 valence electrons. The van der Waals surface area contributed by atoms with Gasteiger partial charge >= 0.3 is 11.9 Å². The van der Waals surface area contributed by atoms with Gasteiger partial charge in [0.15, 0.2) is 0 Å². The highest BCUT2D eigenvalue weighted by Crippen LogP contribution is 2.44. The number of ether oxygens (including phenoxy) is 1. The van der Waals surface area contributed by atoms with Crippen LogP contribution in [0.15, 0.2) is 23.8 Å². The zero-order chi connectivity index (χ0) is 22.4. The number of carbonyl (C=O) groups excluding carboxylic acids is 1. The SMILES string of the molecule is CC[C@H](C)C(=O)O[C@H]1C[C@@H](O)C=C2C=C[C@H](C)C(CCC(O)C[C@@H](O)CC(=O)O)[C@H]21. The summed E-state index contributed by atoms with van der Waals surface area (Å²) in [6.45, 7) is 5.85. The van der Waals surface area contributed by atoms with Gasteiger partial charge in [0.2, 0.25) is 0 Å². The Morgan fingerprint density at radius 3 is 2.60 bits per heavy atom. The zero-order valence-corrected chi connectivity index (χ0v) is 18.1. The summed E-state index contributed by atoms with van der Waals surface area (Å²) >= 11 is 0. The highest BCUT2D eigenvalue weighted by Gasteiger charge is 2.42. The molecule has 2 aliphatic carbocycles. The molecule has 0 aliphatic heterocycles. The summed E-state index contributed by atoms with van der Waals surface area (Å²) in [6.07, 6.45) is 4.64. The van der Waals surface area contributed by atoms with Crippen LogP contribution in [0, 0.1) is 23.7 Å². The molecular formula is C23H36O7. The van der Waals surface area contributed by atoms with E-state index in [1.54, 1.807) is 0 Å². The van der Waals surface area contributed by atoms with Crippen LogP contribution in [0.3, 0.4) is 0 Å². The Bertz CT molecular complexity index is 656. The van der Waals surface area contributed by atoms with E-state index in [1.807, 2.05) is 26.0 Å². The Morgan fingerprint density at radius 2 is 1.97 bits per heavy atom. The van der Waals surface area contributed by atoms with Gasteiger partial charge in [-0.25, -0.2) is 0 Å². The quantitative estimate of drug-likeness (QED) is 0.397. The maximum absolute atomic E-state index is 12.4. The molecule has 8 atom stereocenters. The minimum absolute atomic E-state index is 0.0156. The lowest BCUT2D eigenvalue weighted by Crippen LogP contribution is -2.43. The van der Waals surface area contributed by atoms with Gasteiger partial charge in [0, 0.05) is 12.3 Å². The molecule has 0 saturated heterocycles. The fourth-order valence-electron chi connectivity index (χ4n) is 4.52. The Kier molecular flexibility index (Phi) is 9.07. The lowest BCUT2D eigenvalue weighted by molar-refractivity contribution is -0.159. The molecule has 2 unspecified atom stereocenters. The monoisotopic (exact) mass is 424 g/mol. The number of aliphatic hydroxyl groups excluding tert-OH is 3. The molecule has 0 amide bonds. The second kappa shape index (κ2) is 11.1. The van der Waals surface area contributed by atoms with E-state index in [4.69, 9.17) is 9.84 Å². The van der Waals surface area contributed by atoms with Crippen LogP contribution >= 0.6 is 0 Å². The molecule has 0 heterocycles. The average molecular weight is 425 g/mol. The van der Waals surface area contributed by atoms with E-state index >= 15 is 0 Å². The van der Waals surface area contributed by atoms with Gasteiger partial charge in [-0.05, 0) is 43.1 Å². The van der Waals surface area contributed by atoms with E-state index in [2.05, 4.69) is 13.0 Å². The summed E-state index contributed by atoms with van der Waals surface area (Å²) in [7, 11) is 0. The molecule has 0 bridgehead atoms. The van der Waals surface area contributed by atoms with E-state index in [9.17, 15) is 24.9 Å². The highest BCUT2D eigenvalue weighted by molar-refractivity contribution is 5.72. The van der Waals surface area contributed by atoms with Gasteiger partial charge in [0.05, 0.1) is 30.7 Å². The number of rotatable bonds is 10. The van der Waals surface area contributed by atoms with E-state index < -0.39 is 30.4 Å². The molecule has 7 heteroatoms. The fraction of sp³-hybridized carbons (Fsp3) is 0.739. The summed E-state index contributed by atoms with van der Waals surface area (Å²) in [6, 6.07) is 0. The first kappa shape index (κ1) is 24.6. The maximum atomic E-state index is 12.4. The molecule has 0 fully saturated rings. The first-order chi connectivity index (χ1) is 14.1. The molecule has 4 N–H and O–H groups in total. The third kappa shape index (κ3) is 6.65. The lowest BCUT2D eigenvalue weighted by atomic mass is 9.66. The molecule has 0 aromatic rings. The van der Waals surface area contributed by atoms with Crippen molar-refractivity contribution < 1.29 is 34.8 Å². The van der Waals surface area contributed by atoms with Crippen LogP contribution in [0.4, 0.5) is 0 Å². The summed E-state index contributed by atoms with van der Waals surface area (Å²) in [5, 5.41) is 39.1. The summed E-state index contributed by atoms with van der Waals surface area (Å²) in [4.78, 5) is 23.1. The minimum Gasteiger partial charge on any atom is -0.481 e. The van der Waals surface area contributed by atoms with E-state index in [0.29, 0.717) is 25.7 Å². The number of carboxylic acid groups (broad SMARTS) is 1. The molecule has 30 heavy (non-hydrogen) atoms. The fourth-order valence-corrected chi connectivity index (χ4v) is 4.52. The van der Waals surface area contributed by atoms with Crippen LogP contribution < -0.4 is 0 Å². The number of esters is 1. The van der Waals surface area contributed by atoms with Crippen molar-refractivity contribution >= 4 is 11.9 Å². The van der Waals surface area contributed by atoms with E-state index in [1.165, 1.54) is 0 Å². The second-order valence-electron chi connectivity index (χ2n) is 8.88. The first-order valence-electron chi connectivity index (χ1n) is 11.0. The second-order valence-corrected chi connectivity index (χ2v) is 8.88. The molecule has 0 aromatic heterocycles. The van der Waals surface area contributed by atoms with Crippen LogP contribution in [0.25, 0.3) is 0 Å². The number of aliphatic hydroxyl groups is 3. The predicted octanol–water partition coefficient (Wildman–Crippen LogP) is 2.44. The van der Waals surface area contributed by atoms with Crippen molar-refractivity contribution in [2.75, 3.05) is 0 Å². The van der Waals surface area contributed by atoms with Crippen LogP contribution in [0.2, 0.25) is 0 Å². The van der Waals surface area contributed by atoms with Crippen molar-refractivity contribution in [3.63, 3.8) is 0 Å². The Morgan fingerprint density at radius 1 is 1.27 bits per heavy atom. The molecule has 2 aliphatic rings. The predicted molar refractivity (Wildman–Crippen MR) is 111 cm³/mol. The van der Waals surface area contributed by atoms with Gasteiger partial charge in [-0.1, -0.05) is 39.0 Å². The van der Waals surface area contributed by atoms with Crippen molar-refractivity contribution in [2.24, 2.45) is 23.7 Å². The minimum atomic E-state index is -1.10. The third-order valence-electron chi connectivity index (χ3n) is 6.44. The Labute approximate surface area is 178 Å². The Balaban J connectivity index is 2.09. The molecule has 0 radical (unpaired) electrons. The van der Waals surface area contributed by atoms with Crippen LogP contribution in [-0.2, 0) is 14.3 Å². The van der Waals surface area contributed by atoms with Crippen molar-refractivity contribution in [3.8, 4) is 0 Å². The average Bonchev–Trinajstić information content (AvgIpc) is 2.65. The number of fused-ring (bicyclic) bond motifs is 1. The number of aliphatic carboxylic acids is 1. The van der Waals surface area contributed by atoms with Gasteiger partial charge in [0.25, 0.3) is 0 Å². The third-order valence-corrected chi connectivity index (χ3v) is 6.44. The van der Waals surface area contributed by atoms with Gasteiger partial charge in [-0.15, -0.1) is 0 Å².